The first kappa shape index (κ1) is 24.6. The molecule has 0 aliphatic rings. The molecule has 0 fully saturated rings. The van der Waals surface area contributed by atoms with E-state index >= 15 is 0 Å². The number of halogens is 2. The molecule has 5 nitrogen and oxygen atoms in total. The summed E-state index contributed by atoms with van der Waals surface area (Å²) in [5.41, 5.74) is 1.85. The maximum Gasteiger partial charge on any atom is 0.129 e. The van der Waals surface area contributed by atoms with Crippen LogP contribution in [0.1, 0.15) is 45.2 Å². The maximum absolute atomic E-state index is 5.98. The lowest BCUT2D eigenvalue weighted by Crippen LogP contribution is -2.15. The van der Waals surface area contributed by atoms with Gasteiger partial charge in [0.2, 0.25) is 0 Å². The molecule has 0 saturated heterocycles. The van der Waals surface area contributed by atoms with Gasteiger partial charge in [0.05, 0.1) is 26.0 Å². The predicted molar refractivity (Wildman–Crippen MR) is 116 cm³/mol. The van der Waals surface area contributed by atoms with E-state index in [0.717, 1.165) is 35.5 Å². The Kier molecular flexibility index (Phi) is 11.4. The van der Waals surface area contributed by atoms with Gasteiger partial charge in [0.1, 0.15) is 28.2 Å². The first-order valence-corrected chi connectivity index (χ1v) is 10.2. The van der Waals surface area contributed by atoms with Crippen molar-refractivity contribution in [3.8, 4) is 11.5 Å². The molecule has 0 aliphatic heterocycles. The fourth-order valence-corrected chi connectivity index (χ4v) is 2.39. The third-order valence-corrected chi connectivity index (χ3v) is 3.78. The molecule has 0 amide bonds. The van der Waals surface area contributed by atoms with Crippen molar-refractivity contribution in [2.75, 3.05) is 26.4 Å². The van der Waals surface area contributed by atoms with Crippen LogP contribution < -0.4 is 9.47 Å². The summed E-state index contributed by atoms with van der Waals surface area (Å²) in [6, 6.07) is 3.94. The summed E-state index contributed by atoms with van der Waals surface area (Å²) in [6.45, 7) is 11.8. The smallest absolute Gasteiger partial charge is 0.129 e. The van der Waals surface area contributed by atoms with Crippen molar-refractivity contribution in [3.63, 3.8) is 0 Å². The molecule has 0 radical (unpaired) electrons. The molecule has 28 heavy (non-hydrogen) atoms. The number of nitrogens with zero attached hydrogens (tertiary/aromatic N) is 1. The van der Waals surface area contributed by atoms with Gasteiger partial charge < -0.3 is 19.0 Å². The molecule has 0 atom stereocenters. The number of oxime groups is 1. The van der Waals surface area contributed by atoms with Gasteiger partial charge in [-0.2, -0.15) is 0 Å². The minimum absolute atomic E-state index is 0.197. The third-order valence-electron chi connectivity index (χ3n) is 3.47. The van der Waals surface area contributed by atoms with Crippen molar-refractivity contribution in [3.05, 3.63) is 33.8 Å². The van der Waals surface area contributed by atoms with Gasteiger partial charge in [-0.25, -0.2) is 0 Å². The topological polar surface area (TPSA) is 49.3 Å². The standard InChI is InChI=1S/C21H31Cl2NO4/c1-6-17-15-18(26-12-8-19(22)23)14-16(2)20(17)27-11-7-10-25-13-9-24-28-21(3,4)5/h8-9,14-15H,6-7,10-13H2,1-5H3/b24-9+. The summed E-state index contributed by atoms with van der Waals surface area (Å²) in [5, 5.41) is 3.87. The van der Waals surface area contributed by atoms with Gasteiger partial charge in [-0.15, -0.1) is 0 Å². The van der Waals surface area contributed by atoms with Crippen LogP contribution in [0, 0.1) is 6.92 Å². The summed E-state index contributed by atoms with van der Waals surface area (Å²) in [4.78, 5) is 5.24. The van der Waals surface area contributed by atoms with E-state index in [1.807, 2.05) is 39.8 Å². The molecule has 1 aromatic rings. The second kappa shape index (κ2) is 12.9. The molecule has 7 heteroatoms. The van der Waals surface area contributed by atoms with Crippen LogP contribution in [0.3, 0.4) is 0 Å². The van der Waals surface area contributed by atoms with Gasteiger partial charge in [0, 0.05) is 6.42 Å². The summed E-state index contributed by atoms with van der Waals surface area (Å²) < 4.78 is 17.3. The summed E-state index contributed by atoms with van der Waals surface area (Å²) in [7, 11) is 0. The Morgan fingerprint density at radius 1 is 1.11 bits per heavy atom. The molecule has 1 aromatic carbocycles. The first-order valence-electron chi connectivity index (χ1n) is 9.41. The zero-order valence-corrected chi connectivity index (χ0v) is 18.9. The van der Waals surface area contributed by atoms with Gasteiger partial charge >= 0.3 is 0 Å². The van der Waals surface area contributed by atoms with E-state index < -0.39 is 0 Å². The molecule has 0 N–H and O–H groups in total. The number of aryl methyl sites for hydroxylation is 2. The fourth-order valence-electron chi connectivity index (χ4n) is 2.26. The molecule has 0 spiro atoms. The molecule has 0 unspecified atom stereocenters. The summed E-state index contributed by atoms with van der Waals surface area (Å²) in [6.07, 6.45) is 4.86. The van der Waals surface area contributed by atoms with E-state index in [-0.39, 0.29) is 10.1 Å². The molecular formula is C21H31Cl2NO4. The Hall–Kier alpha value is -1.43. The van der Waals surface area contributed by atoms with Crippen molar-refractivity contribution >= 4 is 29.4 Å². The van der Waals surface area contributed by atoms with E-state index in [0.29, 0.717) is 26.4 Å². The number of hydrogen-bond acceptors (Lipinski definition) is 5. The Morgan fingerprint density at radius 2 is 1.86 bits per heavy atom. The van der Waals surface area contributed by atoms with Gasteiger partial charge in [-0.05, 0) is 63.5 Å². The molecule has 0 heterocycles. The van der Waals surface area contributed by atoms with E-state index in [2.05, 4.69) is 12.1 Å². The lowest BCUT2D eigenvalue weighted by molar-refractivity contribution is 0.000643. The lowest BCUT2D eigenvalue weighted by atomic mass is 10.1. The van der Waals surface area contributed by atoms with Gasteiger partial charge in [-0.1, -0.05) is 35.3 Å². The van der Waals surface area contributed by atoms with Crippen LogP contribution in [0.15, 0.2) is 27.9 Å². The lowest BCUT2D eigenvalue weighted by Gasteiger charge is -2.16. The third kappa shape index (κ3) is 10.8. The molecule has 1 rings (SSSR count). The van der Waals surface area contributed by atoms with Crippen molar-refractivity contribution in [1.82, 2.24) is 0 Å². The minimum Gasteiger partial charge on any atom is -0.493 e. The van der Waals surface area contributed by atoms with Crippen molar-refractivity contribution < 1.29 is 19.0 Å². The van der Waals surface area contributed by atoms with Crippen molar-refractivity contribution in [1.29, 1.82) is 0 Å². The van der Waals surface area contributed by atoms with Gasteiger partial charge in [0.25, 0.3) is 0 Å². The Bertz CT molecular complexity index is 651. The number of hydrogen-bond donors (Lipinski definition) is 0. The second-order valence-electron chi connectivity index (χ2n) is 7.16. The molecule has 0 aromatic heterocycles. The monoisotopic (exact) mass is 431 g/mol. The largest absolute Gasteiger partial charge is 0.493 e. The van der Waals surface area contributed by atoms with Crippen LogP contribution in [0.25, 0.3) is 0 Å². The molecule has 0 bridgehead atoms. The molecule has 0 saturated carbocycles. The van der Waals surface area contributed by atoms with Crippen LogP contribution in [0.4, 0.5) is 0 Å². The zero-order valence-electron chi connectivity index (χ0n) is 17.4. The number of benzene rings is 1. The Balaban J connectivity index is 2.40. The fraction of sp³-hybridized carbons (Fsp3) is 0.571. The highest BCUT2D eigenvalue weighted by atomic mass is 35.5. The molecule has 158 valence electrons. The highest BCUT2D eigenvalue weighted by Crippen LogP contribution is 2.30. The van der Waals surface area contributed by atoms with Gasteiger partial charge in [0.15, 0.2) is 0 Å². The number of rotatable bonds is 12. The molecule has 0 aliphatic carbocycles. The maximum atomic E-state index is 5.98. The van der Waals surface area contributed by atoms with Crippen molar-refractivity contribution in [2.45, 2.75) is 53.1 Å². The van der Waals surface area contributed by atoms with Gasteiger partial charge in [-0.3, -0.25) is 0 Å². The highest BCUT2D eigenvalue weighted by Gasteiger charge is 2.10. The van der Waals surface area contributed by atoms with Crippen LogP contribution in [0.2, 0.25) is 0 Å². The van der Waals surface area contributed by atoms with Crippen LogP contribution in [0.5, 0.6) is 11.5 Å². The van der Waals surface area contributed by atoms with Crippen molar-refractivity contribution in [2.24, 2.45) is 5.16 Å². The van der Waals surface area contributed by atoms with E-state index in [4.69, 9.17) is 42.3 Å². The highest BCUT2D eigenvalue weighted by molar-refractivity contribution is 6.55. The van der Waals surface area contributed by atoms with E-state index in [9.17, 15) is 0 Å². The Labute approximate surface area is 178 Å². The van der Waals surface area contributed by atoms with E-state index in [1.54, 1.807) is 12.3 Å². The average molecular weight is 432 g/mol. The first-order chi connectivity index (χ1) is 13.2. The molecular weight excluding hydrogens is 401 g/mol. The predicted octanol–water partition coefficient (Wildman–Crippen LogP) is 5.84. The van der Waals surface area contributed by atoms with Crippen LogP contribution in [-0.2, 0) is 16.0 Å². The summed E-state index contributed by atoms with van der Waals surface area (Å²) in [5.74, 6) is 1.67. The summed E-state index contributed by atoms with van der Waals surface area (Å²) >= 11 is 11.2. The average Bonchev–Trinajstić information content (AvgIpc) is 2.60. The SMILES string of the molecule is CCc1cc(OCC=C(Cl)Cl)cc(C)c1OCCCOC/C=N/OC(C)(C)C. The van der Waals surface area contributed by atoms with Crippen LogP contribution >= 0.6 is 23.2 Å². The quantitative estimate of drug-likeness (QED) is 0.237. The van der Waals surface area contributed by atoms with Crippen LogP contribution in [-0.4, -0.2) is 38.2 Å². The second-order valence-corrected chi connectivity index (χ2v) is 8.16. The Morgan fingerprint density at radius 3 is 2.50 bits per heavy atom. The van der Waals surface area contributed by atoms with E-state index in [1.165, 1.54) is 0 Å². The zero-order chi connectivity index (χ0) is 21.0. The minimum atomic E-state index is -0.284. The normalized spacial score (nSPS) is 11.5. The number of ether oxygens (including phenoxy) is 3.